The van der Waals surface area contributed by atoms with Gasteiger partial charge in [0.15, 0.2) is 0 Å². The molecule has 1 aromatic carbocycles. The van der Waals surface area contributed by atoms with E-state index < -0.39 is 6.04 Å². The molecular formula is C21H25FN4O2S. The maximum Gasteiger partial charge on any atom is 0.246 e. The van der Waals surface area contributed by atoms with Gasteiger partial charge in [0.25, 0.3) is 0 Å². The van der Waals surface area contributed by atoms with E-state index in [2.05, 4.69) is 9.97 Å². The lowest BCUT2D eigenvalue weighted by Crippen LogP contribution is -2.51. The van der Waals surface area contributed by atoms with Crippen molar-refractivity contribution in [1.82, 2.24) is 19.8 Å². The summed E-state index contributed by atoms with van der Waals surface area (Å²) in [6.45, 7) is 2.49. The Kier molecular flexibility index (Phi) is 5.89. The van der Waals surface area contributed by atoms with Crippen molar-refractivity contribution in [1.29, 1.82) is 0 Å². The van der Waals surface area contributed by atoms with E-state index in [1.54, 1.807) is 28.9 Å². The smallest absolute Gasteiger partial charge is 0.246 e. The van der Waals surface area contributed by atoms with Gasteiger partial charge in [-0.05, 0) is 31.4 Å². The van der Waals surface area contributed by atoms with Gasteiger partial charge in [-0.2, -0.15) is 0 Å². The summed E-state index contributed by atoms with van der Waals surface area (Å²) in [5.74, 6) is 1.66. The topological polar surface area (TPSA) is 69.3 Å². The number of H-pyrrole nitrogens is 1. The Morgan fingerprint density at radius 3 is 2.97 bits per heavy atom. The minimum absolute atomic E-state index is 0.00482. The third-order valence-electron chi connectivity index (χ3n) is 5.62. The number of hydrogen-bond donors (Lipinski definition) is 1. The lowest BCUT2D eigenvalue weighted by atomic mass is 10.00. The summed E-state index contributed by atoms with van der Waals surface area (Å²) in [4.78, 5) is 37.0. The normalized spacial score (nSPS) is 22.1. The first kappa shape index (κ1) is 19.9. The van der Waals surface area contributed by atoms with Crippen LogP contribution in [0, 0.1) is 5.82 Å². The molecule has 154 valence electrons. The second-order valence-corrected chi connectivity index (χ2v) is 8.47. The Morgan fingerprint density at radius 1 is 1.31 bits per heavy atom. The molecule has 2 fully saturated rings. The summed E-state index contributed by atoms with van der Waals surface area (Å²) in [5.41, 5.74) is 1.46. The molecule has 0 radical (unpaired) electrons. The molecule has 2 saturated heterocycles. The molecule has 0 bridgehead atoms. The van der Waals surface area contributed by atoms with Crippen LogP contribution in [0.3, 0.4) is 0 Å². The second-order valence-electron chi connectivity index (χ2n) is 7.47. The van der Waals surface area contributed by atoms with Crippen LogP contribution in [0.2, 0.25) is 0 Å². The van der Waals surface area contributed by atoms with Crippen LogP contribution in [0.4, 0.5) is 4.39 Å². The van der Waals surface area contributed by atoms with Gasteiger partial charge in [0, 0.05) is 24.3 Å². The highest BCUT2D eigenvalue weighted by Gasteiger charge is 2.40. The molecule has 0 saturated carbocycles. The van der Waals surface area contributed by atoms with Crippen LogP contribution in [-0.2, 0) is 9.59 Å². The lowest BCUT2D eigenvalue weighted by molar-refractivity contribution is -0.146. The first-order chi connectivity index (χ1) is 14.1. The van der Waals surface area contributed by atoms with E-state index in [0.29, 0.717) is 24.6 Å². The van der Waals surface area contributed by atoms with Crippen molar-refractivity contribution in [3.63, 3.8) is 0 Å². The molecule has 6 nitrogen and oxygen atoms in total. The number of rotatable bonds is 4. The number of likely N-dealkylation sites (tertiary alicyclic amines) is 1. The summed E-state index contributed by atoms with van der Waals surface area (Å²) >= 11 is 1.62. The number of aromatic amines is 1. The minimum Gasteiger partial charge on any atom is -0.340 e. The van der Waals surface area contributed by atoms with E-state index in [1.807, 2.05) is 17.9 Å². The molecule has 1 aromatic heterocycles. The van der Waals surface area contributed by atoms with Crippen LogP contribution < -0.4 is 0 Å². The second kappa shape index (κ2) is 8.57. The van der Waals surface area contributed by atoms with Crippen molar-refractivity contribution in [3.8, 4) is 11.3 Å². The zero-order valence-corrected chi connectivity index (χ0v) is 17.3. The molecule has 2 unspecified atom stereocenters. The molecule has 2 atom stereocenters. The fraction of sp³-hybridized carbons (Fsp3) is 0.476. The fourth-order valence-electron chi connectivity index (χ4n) is 4.08. The van der Waals surface area contributed by atoms with Gasteiger partial charge < -0.3 is 14.8 Å². The number of carbonyl (C=O) groups is 2. The van der Waals surface area contributed by atoms with E-state index in [1.165, 1.54) is 12.1 Å². The number of thioether (sulfide) groups is 1. The Balaban J connectivity index is 1.57. The highest BCUT2D eigenvalue weighted by molar-refractivity contribution is 7.99. The van der Waals surface area contributed by atoms with E-state index in [4.69, 9.17) is 0 Å². The average Bonchev–Trinajstić information content (AvgIpc) is 3.42. The average molecular weight is 417 g/mol. The monoisotopic (exact) mass is 416 g/mol. The Labute approximate surface area is 173 Å². The molecule has 2 aliphatic heterocycles. The molecule has 8 heteroatoms. The van der Waals surface area contributed by atoms with Crippen LogP contribution >= 0.6 is 11.8 Å². The molecule has 4 rings (SSSR count). The van der Waals surface area contributed by atoms with Crippen molar-refractivity contribution in [2.24, 2.45) is 0 Å². The molecule has 2 amide bonds. The maximum atomic E-state index is 13.6. The number of imidazole rings is 1. The van der Waals surface area contributed by atoms with E-state index >= 15 is 0 Å². The van der Waals surface area contributed by atoms with Crippen molar-refractivity contribution in [2.45, 2.75) is 44.7 Å². The number of amides is 2. The van der Waals surface area contributed by atoms with E-state index in [0.717, 1.165) is 36.3 Å². The van der Waals surface area contributed by atoms with Crippen molar-refractivity contribution in [2.75, 3.05) is 18.2 Å². The van der Waals surface area contributed by atoms with E-state index in [-0.39, 0.29) is 23.7 Å². The van der Waals surface area contributed by atoms with Gasteiger partial charge in [-0.15, -0.1) is 11.8 Å². The molecule has 2 aliphatic rings. The van der Waals surface area contributed by atoms with Gasteiger partial charge in [0.05, 0.1) is 23.8 Å². The van der Waals surface area contributed by atoms with Crippen LogP contribution in [0.15, 0.2) is 30.5 Å². The van der Waals surface area contributed by atoms with Crippen LogP contribution in [0.25, 0.3) is 11.3 Å². The van der Waals surface area contributed by atoms with Gasteiger partial charge in [-0.25, -0.2) is 9.37 Å². The SMILES string of the molecule is CCC(=O)N1CSCC1C(=O)N1CCCCC1c1ncc(-c2cccc(F)c2)[nH]1. The van der Waals surface area contributed by atoms with E-state index in [9.17, 15) is 14.0 Å². The highest BCUT2D eigenvalue weighted by atomic mass is 32.2. The maximum absolute atomic E-state index is 13.6. The van der Waals surface area contributed by atoms with Crippen LogP contribution in [0.5, 0.6) is 0 Å². The third-order valence-corrected chi connectivity index (χ3v) is 6.63. The van der Waals surface area contributed by atoms with Gasteiger partial charge >= 0.3 is 0 Å². The highest BCUT2D eigenvalue weighted by Crippen LogP contribution is 2.33. The first-order valence-corrected chi connectivity index (χ1v) is 11.2. The quantitative estimate of drug-likeness (QED) is 0.827. The van der Waals surface area contributed by atoms with Crippen molar-refractivity contribution < 1.29 is 14.0 Å². The van der Waals surface area contributed by atoms with Crippen molar-refractivity contribution in [3.05, 3.63) is 42.1 Å². The molecule has 0 aliphatic carbocycles. The van der Waals surface area contributed by atoms with Gasteiger partial charge in [-0.1, -0.05) is 19.1 Å². The molecule has 3 heterocycles. The summed E-state index contributed by atoms with van der Waals surface area (Å²) in [6.07, 6.45) is 4.88. The Morgan fingerprint density at radius 2 is 2.17 bits per heavy atom. The molecule has 0 spiro atoms. The van der Waals surface area contributed by atoms with Crippen LogP contribution in [0.1, 0.15) is 44.5 Å². The zero-order valence-electron chi connectivity index (χ0n) is 16.4. The first-order valence-electron chi connectivity index (χ1n) is 10.1. The third kappa shape index (κ3) is 4.03. The minimum atomic E-state index is -0.397. The summed E-state index contributed by atoms with van der Waals surface area (Å²) < 4.78 is 13.6. The predicted octanol–water partition coefficient (Wildman–Crippen LogP) is 3.58. The number of benzene rings is 1. The number of aromatic nitrogens is 2. The van der Waals surface area contributed by atoms with Gasteiger partial charge in [0.2, 0.25) is 11.8 Å². The number of nitrogens with zero attached hydrogens (tertiary/aromatic N) is 3. The van der Waals surface area contributed by atoms with Crippen LogP contribution in [-0.4, -0.2) is 55.8 Å². The number of carbonyl (C=O) groups excluding carboxylic acids is 2. The van der Waals surface area contributed by atoms with Gasteiger partial charge in [0.1, 0.15) is 17.7 Å². The Hall–Kier alpha value is -2.35. The molecule has 2 aromatic rings. The standard InChI is InChI=1S/C21H25FN4O2S/c1-2-19(27)26-13-29-12-18(26)21(28)25-9-4-3-8-17(25)20-23-11-16(24-20)14-6-5-7-15(22)10-14/h5-7,10-11,17-18H,2-4,8-9,12-13H2,1H3,(H,23,24). The summed E-state index contributed by atoms with van der Waals surface area (Å²) in [6, 6.07) is 5.82. The van der Waals surface area contributed by atoms with Crippen molar-refractivity contribution >= 4 is 23.6 Å². The fourth-order valence-corrected chi connectivity index (χ4v) is 5.25. The number of piperidine rings is 1. The summed E-state index contributed by atoms with van der Waals surface area (Å²) in [5, 5.41) is 0. The number of halogens is 1. The number of nitrogens with one attached hydrogen (secondary N) is 1. The Bertz CT molecular complexity index is 902. The predicted molar refractivity (Wildman–Crippen MR) is 111 cm³/mol. The number of hydrogen-bond acceptors (Lipinski definition) is 4. The summed E-state index contributed by atoms with van der Waals surface area (Å²) in [7, 11) is 0. The molecule has 1 N–H and O–H groups in total. The van der Waals surface area contributed by atoms with Gasteiger partial charge in [-0.3, -0.25) is 9.59 Å². The lowest BCUT2D eigenvalue weighted by Gasteiger charge is -2.37. The molecular weight excluding hydrogens is 391 g/mol. The largest absolute Gasteiger partial charge is 0.340 e. The zero-order chi connectivity index (χ0) is 20.4. The molecule has 29 heavy (non-hydrogen) atoms.